The first-order valence-corrected chi connectivity index (χ1v) is 5.89. The zero-order valence-corrected chi connectivity index (χ0v) is 9.78. The molecule has 0 amide bonds. The van der Waals surface area contributed by atoms with Crippen molar-refractivity contribution in [3.8, 4) is 5.75 Å². The molecule has 88 valence electrons. The summed E-state index contributed by atoms with van der Waals surface area (Å²) in [5.74, 6) is 0.919. The number of hydrogen-bond acceptors (Lipinski definition) is 4. The highest BCUT2D eigenvalue weighted by Gasteiger charge is 2.10. The van der Waals surface area contributed by atoms with Gasteiger partial charge in [-0.1, -0.05) is 0 Å². The summed E-state index contributed by atoms with van der Waals surface area (Å²) in [6.45, 7) is 7.97. The van der Waals surface area contributed by atoms with E-state index in [-0.39, 0.29) is 0 Å². The van der Waals surface area contributed by atoms with Crippen LogP contribution < -0.4 is 10.1 Å². The summed E-state index contributed by atoms with van der Waals surface area (Å²) >= 11 is 0. The Morgan fingerprint density at radius 1 is 1.44 bits per heavy atom. The van der Waals surface area contributed by atoms with Crippen molar-refractivity contribution in [1.82, 2.24) is 15.2 Å². The maximum absolute atomic E-state index is 5.46. The van der Waals surface area contributed by atoms with Crippen molar-refractivity contribution in [2.24, 2.45) is 0 Å². The second kappa shape index (κ2) is 5.82. The van der Waals surface area contributed by atoms with Gasteiger partial charge >= 0.3 is 0 Å². The lowest BCUT2D eigenvalue weighted by molar-refractivity contribution is 0.230. The van der Waals surface area contributed by atoms with Gasteiger partial charge in [-0.2, -0.15) is 0 Å². The van der Waals surface area contributed by atoms with Crippen molar-refractivity contribution in [2.45, 2.75) is 13.5 Å². The molecule has 2 rings (SSSR count). The molecule has 1 aliphatic rings. The van der Waals surface area contributed by atoms with E-state index in [1.165, 1.54) is 0 Å². The topological polar surface area (TPSA) is 37.4 Å². The molecule has 1 aromatic heterocycles. The molecule has 4 nitrogen and oxygen atoms in total. The maximum atomic E-state index is 5.46. The van der Waals surface area contributed by atoms with Gasteiger partial charge in [0.05, 0.1) is 12.3 Å². The Labute approximate surface area is 96.6 Å². The lowest BCUT2D eigenvalue weighted by Gasteiger charge is -2.26. The van der Waals surface area contributed by atoms with E-state index in [1.807, 2.05) is 25.3 Å². The number of pyridine rings is 1. The molecule has 0 aliphatic carbocycles. The summed E-state index contributed by atoms with van der Waals surface area (Å²) < 4.78 is 5.46. The van der Waals surface area contributed by atoms with Gasteiger partial charge in [-0.05, 0) is 13.0 Å². The second-order valence-electron chi connectivity index (χ2n) is 3.94. The SMILES string of the molecule is CCOc1ccnc(CN2CCNCC2)c1. The number of rotatable bonds is 4. The third-order valence-corrected chi connectivity index (χ3v) is 2.69. The zero-order valence-electron chi connectivity index (χ0n) is 9.78. The molecule has 1 aromatic rings. The molecule has 0 bridgehead atoms. The first-order chi connectivity index (χ1) is 7.88. The van der Waals surface area contributed by atoms with E-state index in [9.17, 15) is 0 Å². The van der Waals surface area contributed by atoms with Crippen LogP contribution in [-0.2, 0) is 6.54 Å². The fraction of sp³-hybridized carbons (Fsp3) is 0.583. The van der Waals surface area contributed by atoms with Gasteiger partial charge in [0.15, 0.2) is 0 Å². The van der Waals surface area contributed by atoms with Crippen molar-refractivity contribution in [3.63, 3.8) is 0 Å². The summed E-state index contributed by atoms with van der Waals surface area (Å²) in [5, 5.41) is 3.35. The van der Waals surface area contributed by atoms with Crippen LogP contribution in [0.2, 0.25) is 0 Å². The Morgan fingerprint density at radius 2 is 2.25 bits per heavy atom. The van der Waals surface area contributed by atoms with Crippen molar-refractivity contribution >= 4 is 0 Å². The maximum Gasteiger partial charge on any atom is 0.122 e. The van der Waals surface area contributed by atoms with Crippen LogP contribution in [0.15, 0.2) is 18.3 Å². The molecule has 0 spiro atoms. The van der Waals surface area contributed by atoms with E-state index in [2.05, 4.69) is 15.2 Å². The highest BCUT2D eigenvalue weighted by atomic mass is 16.5. The van der Waals surface area contributed by atoms with E-state index in [0.717, 1.165) is 44.2 Å². The molecule has 0 atom stereocenters. The number of aromatic nitrogens is 1. The quantitative estimate of drug-likeness (QED) is 0.819. The molecular weight excluding hydrogens is 202 g/mol. The minimum absolute atomic E-state index is 0.705. The number of piperazine rings is 1. The van der Waals surface area contributed by atoms with Crippen LogP contribution in [0.5, 0.6) is 5.75 Å². The number of hydrogen-bond donors (Lipinski definition) is 1. The van der Waals surface area contributed by atoms with Crippen LogP contribution in [-0.4, -0.2) is 42.7 Å². The van der Waals surface area contributed by atoms with E-state index >= 15 is 0 Å². The van der Waals surface area contributed by atoms with Gasteiger partial charge in [-0.25, -0.2) is 0 Å². The predicted octanol–water partition coefficient (Wildman–Crippen LogP) is 0.885. The Hall–Kier alpha value is -1.13. The van der Waals surface area contributed by atoms with Gasteiger partial charge in [-0.3, -0.25) is 9.88 Å². The molecule has 16 heavy (non-hydrogen) atoms. The Kier molecular flexibility index (Phi) is 4.13. The van der Waals surface area contributed by atoms with Crippen LogP contribution in [0.4, 0.5) is 0 Å². The third kappa shape index (κ3) is 3.18. The van der Waals surface area contributed by atoms with Gasteiger partial charge in [0.2, 0.25) is 0 Å². The Morgan fingerprint density at radius 3 is 3.00 bits per heavy atom. The molecular formula is C12H19N3O. The Bertz CT molecular complexity index is 324. The molecule has 0 radical (unpaired) electrons. The van der Waals surface area contributed by atoms with E-state index in [1.54, 1.807) is 0 Å². The first kappa shape index (κ1) is 11.4. The average molecular weight is 221 g/mol. The van der Waals surface area contributed by atoms with Gasteiger partial charge < -0.3 is 10.1 Å². The van der Waals surface area contributed by atoms with Crippen molar-refractivity contribution < 1.29 is 4.74 Å². The predicted molar refractivity (Wildman–Crippen MR) is 63.6 cm³/mol. The molecule has 0 saturated carbocycles. The smallest absolute Gasteiger partial charge is 0.122 e. The fourth-order valence-electron chi connectivity index (χ4n) is 1.90. The largest absolute Gasteiger partial charge is 0.494 e. The summed E-state index contributed by atoms with van der Waals surface area (Å²) in [4.78, 5) is 6.78. The third-order valence-electron chi connectivity index (χ3n) is 2.69. The lowest BCUT2D eigenvalue weighted by atomic mass is 10.3. The molecule has 1 N–H and O–H groups in total. The molecule has 1 fully saturated rings. The molecule has 4 heteroatoms. The number of ether oxygens (including phenoxy) is 1. The summed E-state index contributed by atoms with van der Waals surface area (Å²) in [6.07, 6.45) is 1.82. The molecule has 0 aromatic carbocycles. The highest BCUT2D eigenvalue weighted by molar-refractivity contribution is 5.22. The van der Waals surface area contributed by atoms with Crippen molar-refractivity contribution in [2.75, 3.05) is 32.8 Å². The lowest BCUT2D eigenvalue weighted by Crippen LogP contribution is -2.43. The average Bonchev–Trinajstić information content (AvgIpc) is 2.31. The van der Waals surface area contributed by atoms with E-state index in [0.29, 0.717) is 6.61 Å². The summed E-state index contributed by atoms with van der Waals surface area (Å²) in [6, 6.07) is 3.94. The van der Waals surface area contributed by atoms with Crippen LogP contribution in [0.25, 0.3) is 0 Å². The van der Waals surface area contributed by atoms with Crippen LogP contribution in [0.3, 0.4) is 0 Å². The van der Waals surface area contributed by atoms with Gasteiger partial charge in [0.25, 0.3) is 0 Å². The molecule has 1 saturated heterocycles. The molecule has 1 aliphatic heterocycles. The van der Waals surface area contributed by atoms with Crippen LogP contribution in [0, 0.1) is 0 Å². The number of nitrogens with zero attached hydrogens (tertiary/aromatic N) is 2. The van der Waals surface area contributed by atoms with Gasteiger partial charge in [-0.15, -0.1) is 0 Å². The van der Waals surface area contributed by atoms with Crippen LogP contribution >= 0.6 is 0 Å². The Balaban J connectivity index is 1.94. The van der Waals surface area contributed by atoms with Crippen LogP contribution in [0.1, 0.15) is 12.6 Å². The molecule has 0 unspecified atom stereocenters. The minimum atomic E-state index is 0.705. The fourth-order valence-corrected chi connectivity index (χ4v) is 1.90. The van der Waals surface area contributed by atoms with Crippen molar-refractivity contribution in [1.29, 1.82) is 0 Å². The van der Waals surface area contributed by atoms with E-state index < -0.39 is 0 Å². The first-order valence-electron chi connectivity index (χ1n) is 5.89. The minimum Gasteiger partial charge on any atom is -0.494 e. The zero-order chi connectivity index (χ0) is 11.2. The van der Waals surface area contributed by atoms with Gasteiger partial charge in [0, 0.05) is 45.0 Å². The van der Waals surface area contributed by atoms with E-state index in [4.69, 9.17) is 4.74 Å². The summed E-state index contributed by atoms with van der Waals surface area (Å²) in [5.41, 5.74) is 1.09. The standard InChI is InChI=1S/C12H19N3O/c1-2-16-12-3-4-14-11(9-12)10-15-7-5-13-6-8-15/h3-4,9,13H,2,5-8,10H2,1H3. The summed E-state index contributed by atoms with van der Waals surface area (Å²) in [7, 11) is 0. The monoisotopic (exact) mass is 221 g/mol. The second-order valence-corrected chi connectivity index (χ2v) is 3.94. The highest BCUT2D eigenvalue weighted by Crippen LogP contribution is 2.12. The number of nitrogens with one attached hydrogen (secondary N) is 1. The normalized spacial score (nSPS) is 17.3. The van der Waals surface area contributed by atoms with Crippen molar-refractivity contribution in [3.05, 3.63) is 24.0 Å². The molecule has 2 heterocycles. The van der Waals surface area contributed by atoms with Gasteiger partial charge in [0.1, 0.15) is 5.75 Å².